The maximum absolute atomic E-state index is 11.9. The van der Waals surface area contributed by atoms with Crippen LogP contribution in [0, 0.1) is 5.92 Å². The molecule has 1 N–H and O–H groups in total. The Morgan fingerprint density at radius 1 is 1.56 bits per heavy atom. The van der Waals surface area contributed by atoms with Gasteiger partial charge in [0.2, 0.25) is 5.03 Å². The van der Waals surface area contributed by atoms with Crippen molar-refractivity contribution in [1.29, 1.82) is 0 Å². The van der Waals surface area contributed by atoms with Gasteiger partial charge in [-0.1, -0.05) is 5.21 Å². The second-order valence-electron chi connectivity index (χ2n) is 4.23. The summed E-state index contributed by atoms with van der Waals surface area (Å²) < 4.78 is 33.1. The molecule has 1 fully saturated rings. The van der Waals surface area contributed by atoms with E-state index in [2.05, 4.69) is 31.0 Å². The zero-order chi connectivity index (χ0) is 13.2. The Bertz CT molecular complexity index is 492. The van der Waals surface area contributed by atoms with Crippen molar-refractivity contribution in [2.75, 3.05) is 19.8 Å². The fourth-order valence-corrected chi connectivity index (χ4v) is 3.56. The highest BCUT2D eigenvalue weighted by Crippen LogP contribution is 2.28. The zero-order valence-corrected chi connectivity index (χ0v) is 12.4. The van der Waals surface area contributed by atoms with Crippen LogP contribution in [0.3, 0.4) is 0 Å². The van der Waals surface area contributed by atoms with Gasteiger partial charge in [0.1, 0.15) is 0 Å². The predicted octanol–water partition coefficient (Wildman–Crippen LogP) is 0.282. The topological polar surface area (TPSA) is 86.1 Å². The number of halogens is 1. The standard InChI is InChI=1S/C9H15BrN4O3S/c1-14-9(8(10)12-13-14)18(15,16)11-4-5-17-6-7-2-3-7/h7,11H,2-6H2,1H3. The second kappa shape index (κ2) is 5.64. The SMILES string of the molecule is Cn1nnc(Br)c1S(=O)(=O)NCCOCC1CC1. The molecule has 18 heavy (non-hydrogen) atoms. The molecule has 0 amide bonds. The van der Waals surface area contributed by atoms with Crippen LogP contribution in [0.25, 0.3) is 0 Å². The Morgan fingerprint density at radius 2 is 2.28 bits per heavy atom. The summed E-state index contributed by atoms with van der Waals surface area (Å²) in [6.07, 6.45) is 2.44. The molecule has 1 saturated carbocycles. The lowest BCUT2D eigenvalue weighted by molar-refractivity contribution is 0.129. The lowest BCUT2D eigenvalue weighted by Gasteiger charge is -2.07. The molecule has 7 nitrogen and oxygen atoms in total. The summed E-state index contributed by atoms with van der Waals surface area (Å²) >= 11 is 3.06. The van der Waals surface area contributed by atoms with Crippen LogP contribution in [0.1, 0.15) is 12.8 Å². The van der Waals surface area contributed by atoms with Crippen molar-refractivity contribution in [1.82, 2.24) is 19.7 Å². The fraction of sp³-hybridized carbons (Fsp3) is 0.778. The number of aromatic nitrogens is 3. The third-order valence-electron chi connectivity index (χ3n) is 2.58. The molecule has 1 aliphatic rings. The molecule has 0 aromatic carbocycles. The zero-order valence-electron chi connectivity index (χ0n) is 9.97. The minimum Gasteiger partial charge on any atom is -0.380 e. The molecule has 102 valence electrons. The van der Waals surface area contributed by atoms with Crippen molar-refractivity contribution >= 4 is 26.0 Å². The number of hydrogen-bond donors (Lipinski definition) is 1. The first-order chi connectivity index (χ1) is 8.50. The summed E-state index contributed by atoms with van der Waals surface area (Å²) in [5.74, 6) is 0.678. The van der Waals surface area contributed by atoms with E-state index in [1.165, 1.54) is 24.6 Å². The maximum Gasteiger partial charge on any atom is 0.260 e. The molecule has 2 rings (SSSR count). The van der Waals surface area contributed by atoms with Crippen LogP contribution in [0.5, 0.6) is 0 Å². The number of sulfonamides is 1. The van der Waals surface area contributed by atoms with Gasteiger partial charge in [0, 0.05) is 20.2 Å². The first kappa shape index (κ1) is 13.9. The van der Waals surface area contributed by atoms with Crippen LogP contribution in [0.4, 0.5) is 0 Å². The molecule has 0 saturated heterocycles. The van der Waals surface area contributed by atoms with Gasteiger partial charge < -0.3 is 4.74 Å². The van der Waals surface area contributed by atoms with E-state index < -0.39 is 10.0 Å². The average Bonchev–Trinajstić information content (AvgIpc) is 3.04. The monoisotopic (exact) mass is 338 g/mol. The number of ether oxygens (including phenoxy) is 1. The molecular formula is C9H15BrN4O3S. The third-order valence-corrected chi connectivity index (χ3v) is 4.93. The lowest BCUT2D eigenvalue weighted by atomic mass is 10.5. The van der Waals surface area contributed by atoms with Gasteiger partial charge in [-0.05, 0) is 34.7 Å². The van der Waals surface area contributed by atoms with Gasteiger partial charge in [0.05, 0.1) is 6.61 Å². The Balaban J connectivity index is 1.83. The molecule has 0 spiro atoms. The Kier molecular flexibility index (Phi) is 4.36. The average molecular weight is 339 g/mol. The number of aryl methyl sites for hydroxylation is 1. The van der Waals surface area contributed by atoms with E-state index in [1.807, 2.05) is 0 Å². The van der Waals surface area contributed by atoms with E-state index in [4.69, 9.17) is 4.74 Å². The highest BCUT2D eigenvalue weighted by molar-refractivity contribution is 9.10. The van der Waals surface area contributed by atoms with Gasteiger partial charge in [-0.25, -0.2) is 17.8 Å². The highest BCUT2D eigenvalue weighted by atomic mass is 79.9. The molecule has 0 aliphatic heterocycles. The Labute approximate surface area is 114 Å². The van der Waals surface area contributed by atoms with E-state index in [9.17, 15) is 8.42 Å². The molecule has 0 unspecified atom stereocenters. The van der Waals surface area contributed by atoms with Crippen molar-refractivity contribution in [3.63, 3.8) is 0 Å². The third kappa shape index (κ3) is 3.50. The molecule has 1 aliphatic carbocycles. The predicted molar refractivity (Wildman–Crippen MR) is 67.4 cm³/mol. The number of hydrogen-bond acceptors (Lipinski definition) is 5. The van der Waals surface area contributed by atoms with Gasteiger partial charge in [-0.2, -0.15) is 0 Å². The largest absolute Gasteiger partial charge is 0.380 e. The Hall–Kier alpha value is -0.510. The number of nitrogens with one attached hydrogen (secondary N) is 1. The van der Waals surface area contributed by atoms with Crippen LogP contribution < -0.4 is 4.72 Å². The quantitative estimate of drug-likeness (QED) is 0.722. The summed E-state index contributed by atoms with van der Waals surface area (Å²) in [5, 5.41) is 7.28. The summed E-state index contributed by atoms with van der Waals surface area (Å²) in [6, 6.07) is 0. The second-order valence-corrected chi connectivity index (χ2v) is 6.66. The number of rotatable bonds is 7. The number of nitrogens with zero attached hydrogens (tertiary/aromatic N) is 3. The van der Waals surface area contributed by atoms with Gasteiger partial charge in [0.25, 0.3) is 10.0 Å². The van der Waals surface area contributed by atoms with Crippen molar-refractivity contribution < 1.29 is 13.2 Å². The van der Waals surface area contributed by atoms with E-state index in [-0.39, 0.29) is 16.2 Å². The van der Waals surface area contributed by atoms with Gasteiger partial charge in [-0.3, -0.25) is 0 Å². The van der Waals surface area contributed by atoms with Gasteiger partial charge in [0.15, 0.2) is 4.60 Å². The van der Waals surface area contributed by atoms with Crippen LogP contribution in [0.15, 0.2) is 9.63 Å². The summed E-state index contributed by atoms with van der Waals surface area (Å²) in [6.45, 7) is 1.34. The molecule has 1 heterocycles. The smallest absolute Gasteiger partial charge is 0.260 e. The molecule has 9 heteroatoms. The molecule has 0 atom stereocenters. The van der Waals surface area contributed by atoms with E-state index >= 15 is 0 Å². The molecule has 0 radical (unpaired) electrons. The minimum atomic E-state index is -3.60. The summed E-state index contributed by atoms with van der Waals surface area (Å²) in [5.41, 5.74) is 0. The molecule has 1 aromatic heterocycles. The molecule has 0 bridgehead atoms. The van der Waals surface area contributed by atoms with Crippen LogP contribution in [0.2, 0.25) is 0 Å². The molecular weight excluding hydrogens is 324 g/mol. The van der Waals surface area contributed by atoms with E-state index in [0.29, 0.717) is 12.5 Å². The minimum absolute atomic E-state index is 0.0182. The van der Waals surface area contributed by atoms with E-state index in [0.717, 1.165) is 6.61 Å². The lowest BCUT2D eigenvalue weighted by Crippen LogP contribution is -2.29. The fourth-order valence-electron chi connectivity index (χ4n) is 1.46. The summed E-state index contributed by atoms with van der Waals surface area (Å²) in [7, 11) is -2.08. The summed E-state index contributed by atoms with van der Waals surface area (Å²) in [4.78, 5) is 0. The first-order valence-electron chi connectivity index (χ1n) is 5.63. The normalized spacial score (nSPS) is 16.1. The van der Waals surface area contributed by atoms with Crippen LogP contribution in [-0.2, 0) is 21.8 Å². The van der Waals surface area contributed by atoms with Crippen LogP contribution in [-0.4, -0.2) is 43.2 Å². The highest BCUT2D eigenvalue weighted by Gasteiger charge is 2.24. The van der Waals surface area contributed by atoms with Crippen molar-refractivity contribution in [2.24, 2.45) is 13.0 Å². The van der Waals surface area contributed by atoms with Crippen molar-refractivity contribution in [2.45, 2.75) is 17.9 Å². The first-order valence-corrected chi connectivity index (χ1v) is 7.91. The van der Waals surface area contributed by atoms with Gasteiger partial charge in [-0.15, -0.1) is 5.10 Å². The maximum atomic E-state index is 11.9. The van der Waals surface area contributed by atoms with Crippen molar-refractivity contribution in [3.8, 4) is 0 Å². The Morgan fingerprint density at radius 3 is 2.83 bits per heavy atom. The van der Waals surface area contributed by atoms with E-state index in [1.54, 1.807) is 0 Å². The van der Waals surface area contributed by atoms with Crippen molar-refractivity contribution in [3.05, 3.63) is 4.60 Å². The molecule has 1 aromatic rings. The van der Waals surface area contributed by atoms with Gasteiger partial charge >= 0.3 is 0 Å². The van der Waals surface area contributed by atoms with Crippen LogP contribution >= 0.6 is 15.9 Å².